The number of hydrogen-bond donors (Lipinski definition) is 0. The van der Waals surface area contributed by atoms with Crippen molar-refractivity contribution in [2.24, 2.45) is 39.4 Å². The molecular weight excluding hydrogens is 416 g/mol. The average molecular weight is 469 g/mol. The zero-order valence-electron chi connectivity index (χ0n) is 23.6. The minimum atomic E-state index is -0.128. The zero-order valence-corrected chi connectivity index (χ0v) is 23.6. The Bertz CT molecular complexity index is 860. The van der Waals surface area contributed by atoms with E-state index in [-0.39, 0.29) is 22.9 Å². The Kier molecular flexibility index (Phi) is 6.74. The first-order valence-corrected chi connectivity index (χ1v) is 14.2. The Morgan fingerprint density at radius 1 is 1.00 bits per heavy atom. The summed E-state index contributed by atoms with van der Waals surface area (Å²) in [7, 11) is 0. The van der Waals surface area contributed by atoms with Crippen molar-refractivity contribution in [3.63, 3.8) is 0 Å². The summed E-state index contributed by atoms with van der Waals surface area (Å²) in [4.78, 5) is 11.8. The number of rotatable bonds is 4. The van der Waals surface area contributed by atoms with E-state index in [1.54, 1.807) is 12.5 Å². The van der Waals surface area contributed by atoms with Gasteiger partial charge >= 0.3 is 5.97 Å². The lowest BCUT2D eigenvalue weighted by Crippen LogP contribution is -2.55. The molecule has 0 radical (unpaired) electrons. The summed E-state index contributed by atoms with van der Waals surface area (Å²) in [5.74, 6) is 1.79. The molecule has 0 heterocycles. The van der Waals surface area contributed by atoms with Crippen molar-refractivity contribution in [3.05, 3.63) is 23.3 Å². The highest BCUT2D eigenvalue weighted by molar-refractivity contribution is 5.66. The fourth-order valence-corrected chi connectivity index (χ4v) is 9.26. The molecule has 0 spiro atoms. The largest absolute Gasteiger partial charge is 0.462 e. The highest BCUT2D eigenvalue weighted by Crippen LogP contribution is 2.63. The maximum Gasteiger partial charge on any atom is 0.302 e. The van der Waals surface area contributed by atoms with Crippen LogP contribution < -0.4 is 0 Å². The van der Waals surface area contributed by atoms with Gasteiger partial charge in [-0.15, -0.1) is 0 Å². The third-order valence-electron chi connectivity index (χ3n) is 11.5. The summed E-state index contributed by atoms with van der Waals surface area (Å²) >= 11 is 0. The number of fused-ring (bicyclic) bond motifs is 2. The molecule has 0 aliphatic heterocycles. The molecule has 4 aliphatic carbocycles. The van der Waals surface area contributed by atoms with Crippen LogP contribution >= 0.6 is 0 Å². The van der Waals surface area contributed by atoms with Gasteiger partial charge < -0.3 is 4.74 Å². The van der Waals surface area contributed by atoms with Gasteiger partial charge in [-0.2, -0.15) is 0 Å². The van der Waals surface area contributed by atoms with Crippen LogP contribution in [-0.4, -0.2) is 12.1 Å². The van der Waals surface area contributed by atoms with E-state index in [1.807, 2.05) is 5.57 Å². The van der Waals surface area contributed by atoms with E-state index in [1.165, 1.54) is 56.9 Å². The lowest BCUT2D eigenvalue weighted by molar-refractivity contribution is -0.174. The second kappa shape index (κ2) is 8.81. The van der Waals surface area contributed by atoms with Crippen LogP contribution in [0.3, 0.4) is 0 Å². The number of carbonyl (C=O) groups excluding carboxylic acids is 1. The Hall–Kier alpha value is -1.05. The highest BCUT2D eigenvalue weighted by atomic mass is 16.5. The van der Waals surface area contributed by atoms with Crippen molar-refractivity contribution in [3.8, 4) is 0 Å². The molecule has 4 aliphatic rings. The maximum atomic E-state index is 11.8. The maximum absolute atomic E-state index is 11.8. The summed E-state index contributed by atoms with van der Waals surface area (Å²) in [6, 6.07) is 0. The van der Waals surface area contributed by atoms with Gasteiger partial charge in [0.1, 0.15) is 6.10 Å². The Morgan fingerprint density at radius 3 is 2.38 bits per heavy atom. The monoisotopic (exact) mass is 468 g/mol. The fraction of sp³-hybridized carbons (Fsp3) is 0.844. The first-order chi connectivity index (χ1) is 15.7. The van der Waals surface area contributed by atoms with Gasteiger partial charge in [0, 0.05) is 12.3 Å². The first kappa shape index (κ1) is 26.0. The number of esters is 1. The van der Waals surface area contributed by atoms with Gasteiger partial charge in [-0.1, -0.05) is 64.8 Å². The third-order valence-corrected chi connectivity index (χ3v) is 11.5. The van der Waals surface area contributed by atoms with E-state index in [4.69, 9.17) is 4.74 Å². The van der Waals surface area contributed by atoms with Crippen LogP contribution in [0.4, 0.5) is 0 Å². The van der Waals surface area contributed by atoms with Crippen LogP contribution in [0.5, 0.6) is 0 Å². The highest BCUT2D eigenvalue weighted by Gasteiger charge is 2.57. The lowest BCUT2D eigenvalue weighted by atomic mass is 9.46. The first-order valence-electron chi connectivity index (χ1n) is 14.2. The zero-order chi connectivity index (χ0) is 25.1. The van der Waals surface area contributed by atoms with Crippen molar-refractivity contribution >= 4 is 5.97 Å². The molecule has 34 heavy (non-hydrogen) atoms. The molecule has 2 heteroatoms. The van der Waals surface area contributed by atoms with E-state index >= 15 is 0 Å². The van der Waals surface area contributed by atoms with Crippen molar-refractivity contribution in [2.75, 3.05) is 0 Å². The molecule has 6 atom stereocenters. The van der Waals surface area contributed by atoms with Crippen molar-refractivity contribution in [1.29, 1.82) is 0 Å². The van der Waals surface area contributed by atoms with Gasteiger partial charge in [0.05, 0.1) is 0 Å². The molecule has 0 aromatic carbocycles. The van der Waals surface area contributed by atoms with E-state index < -0.39 is 0 Å². The van der Waals surface area contributed by atoms with Gasteiger partial charge in [-0.25, -0.2) is 0 Å². The molecule has 0 aromatic rings. The van der Waals surface area contributed by atoms with Crippen LogP contribution in [0, 0.1) is 39.4 Å². The molecule has 0 saturated heterocycles. The molecule has 0 bridgehead atoms. The lowest BCUT2D eigenvalue weighted by Gasteiger charge is -2.60. The number of allylic oxidation sites excluding steroid dienone is 3. The molecule has 3 saturated carbocycles. The number of hydrogen-bond acceptors (Lipinski definition) is 2. The van der Waals surface area contributed by atoms with Crippen LogP contribution in [0.25, 0.3) is 0 Å². The molecular formula is C32H52O2. The van der Waals surface area contributed by atoms with Gasteiger partial charge in [-0.05, 0) is 112 Å². The normalized spacial score (nSPS) is 41.5. The minimum absolute atomic E-state index is 0.0175. The summed E-state index contributed by atoms with van der Waals surface area (Å²) in [5, 5.41) is 0. The van der Waals surface area contributed by atoms with Gasteiger partial charge in [-0.3, -0.25) is 4.79 Å². The topological polar surface area (TPSA) is 26.3 Å². The Morgan fingerprint density at radius 2 is 1.71 bits per heavy atom. The molecule has 6 unspecified atom stereocenters. The van der Waals surface area contributed by atoms with E-state index in [0.29, 0.717) is 22.7 Å². The van der Waals surface area contributed by atoms with Crippen molar-refractivity contribution in [1.82, 2.24) is 0 Å². The van der Waals surface area contributed by atoms with Gasteiger partial charge in [0.2, 0.25) is 0 Å². The van der Waals surface area contributed by atoms with E-state index in [2.05, 4.69) is 55.0 Å². The fourth-order valence-electron chi connectivity index (χ4n) is 9.26. The SMILES string of the molecule is C=C1CCC2C(C)(C)C(OC(C)=O)CCC2(C)C1CCC1=C(C)CCC2(C)CCC(C)(C)CC12. The smallest absolute Gasteiger partial charge is 0.302 e. The number of carbonyl (C=O) groups is 1. The second-order valence-electron chi connectivity index (χ2n) is 14.7. The van der Waals surface area contributed by atoms with Gasteiger partial charge in [0.25, 0.3) is 0 Å². The molecule has 192 valence electrons. The minimum Gasteiger partial charge on any atom is -0.462 e. The van der Waals surface area contributed by atoms with E-state index in [0.717, 1.165) is 25.2 Å². The van der Waals surface area contributed by atoms with Crippen LogP contribution in [-0.2, 0) is 9.53 Å². The summed E-state index contributed by atoms with van der Waals surface area (Å²) in [6.45, 7) is 23.5. The van der Waals surface area contributed by atoms with Crippen LogP contribution in [0.1, 0.15) is 126 Å². The summed E-state index contributed by atoms with van der Waals surface area (Å²) in [6.07, 6.45) is 13.8. The Balaban J connectivity index is 1.56. The summed E-state index contributed by atoms with van der Waals surface area (Å²) in [5.41, 5.74) is 6.25. The van der Waals surface area contributed by atoms with Crippen LogP contribution in [0.2, 0.25) is 0 Å². The average Bonchev–Trinajstić information content (AvgIpc) is 2.72. The second-order valence-corrected chi connectivity index (χ2v) is 14.7. The molecule has 2 nitrogen and oxygen atoms in total. The molecule has 4 rings (SSSR count). The summed E-state index contributed by atoms with van der Waals surface area (Å²) < 4.78 is 5.85. The van der Waals surface area contributed by atoms with Crippen molar-refractivity contribution < 1.29 is 9.53 Å². The van der Waals surface area contributed by atoms with Crippen molar-refractivity contribution in [2.45, 2.75) is 132 Å². The Labute approximate surface area is 210 Å². The van der Waals surface area contributed by atoms with Gasteiger partial charge in [0.15, 0.2) is 0 Å². The molecule has 0 aromatic heterocycles. The predicted molar refractivity (Wildman–Crippen MR) is 142 cm³/mol. The number of ether oxygens (including phenoxy) is 1. The van der Waals surface area contributed by atoms with E-state index in [9.17, 15) is 4.79 Å². The standard InChI is InChI=1S/C32H52O2/c1-21-14-16-31(8)19-18-29(4,5)20-26(31)24(21)11-12-25-22(2)10-13-27-30(6,7)28(34-23(3)33)15-17-32(25,27)9/h25-28H,2,10-20H2,1,3-9H3. The molecule has 0 amide bonds. The van der Waals surface area contributed by atoms with Crippen LogP contribution in [0.15, 0.2) is 23.3 Å². The third kappa shape index (κ3) is 4.45. The molecule has 3 fully saturated rings. The predicted octanol–water partition coefficient (Wildman–Crippen LogP) is 9.05. The quantitative estimate of drug-likeness (QED) is 0.304. The molecule has 0 N–H and O–H groups in total.